The molecule has 0 amide bonds. The molecule has 0 atom stereocenters. The van der Waals surface area contributed by atoms with Crippen molar-refractivity contribution in [3.8, 4) is 5.75 Å². The number of ketones is 1. The van der Waals surface area contributed by atoms with Crippen molar-refractivity contribution in [1.29, 1.82) is 0 Å². The van der Waals surface area contributed by atoms with Crippen molar-refractivity contribution >= 4 is 17.1 Å². The summed E-state index contributed by atoms with van der Waals surface area (Å²) in [4.78, 5) is 17.2. The van der Waals surface area contributed by atoms with Crippen LogP contribution in [-0.2, 0) is 6.42 Å². The lowest BCUT2D eigenvalue weighted by atomic mass is 10.1. The van der Waals surface area contributed by atoms with E-state index in [1.807, 2.05) is 38.1 Å². The minimum absolute atomic E-state index is 0.117. The molecule has 0 saturated carbocycles. The van der Waals surface area contributed by atoms with Crippen LogP contribution in [0.1, 0.15) is 25.9 Å². The highest BCUT2D eigenvalue weighted by Crippen LogP contribution is 2.20. The number of hydrogen-bond acceptors (Lipinski definition) is 4. The Morgan fingerprint density at radius 3 is 2.78 bits per heavy atom. The molecule has 2 rings (SSSR count). The summed E-state index contributed by atoms with van der Waals surface area (Å²) in [6, 6.07) is 7.59. The molecule has 0 radical (unpaired) electrons. The van der Waals surface area contributed by atoms with E-state index in [0.717, 1.165) is 26.9 Å². The normalized spacial score (nSPS) is 10.4. The SMILES string of the molecule is COc1cccc(CC(=O)c2sc(C)nc2C)c1. The number of carbonyl (C=O) groups is 1. The Labute approximate surface area is 110 Å². The second-order valence-corrected chi connectivity index (χ2v) is 5.30. The molecule has 0 saturated heterocycles. The fourth-order valence-electron chi connectivity index (χ4n) is 1.84. The van der Waals surface area contributed by atoms with E-state index in [1.165, 1.54) is 11.3 Å². The molecule has 2 aromatic rings. The lowest BCUT2D eigenvalue weighted by Crippen LogP contribution is -2.03. The highest BCUT2D eigenvalue weighted by Gasteiger charge is 2.14. The third kappa shape index (κ3) is 2.76. The molecule has 0 N–H and O–H groups in total. The van der Waals surface area contributed by atoms with Gasteiger partial charge in [-0.25, -0.2) is 4.98 Å². The summed E-state index contributed by atoms with van der Waals surface area (Å²) < 4.78 is 5.15. The molecule has 0 bridgehead atoms. The van der Waals surface area contributed by atoms with Crippen LogP contribution in [0.15, 0.2) is 24.3 Å². The zero-order valence-electron chi connectivity index (χ0n) is 10.7. The first kappa shape index (κ1) is 12.8. The number of hydrogen-bond donors (Lipinski definition) is 0. The van der Waals surface area contributed by atoms with Gasteiger partial charge in [0.15, 0.2) is 5.78 Å². The van der Waals surface area contributed by atoms with Crippen LogP contribution in [-0.4, -0.2) is 17.9 Å². The molecule has 0 spiro atoms. The molecule has 0 fully saturated rings. The van der Waals surface area contributed by atoms with Gasteiger partial charge in [-0.2, -0.15) is 0 Å². The standard InChI is InChI=1S/C14H15NO2S/c1-9-14(18-10(2)15-9)13(16)8-11-5-4-6-12(7-11)17-3/h4-7H,8H2,1-3H3. The minimum atomic E-state index is 0.117. The second-order valence-electron chi connectivity index (χ2n) is 4.10. The third-order valence-corrected chi connectivity index (χ3v) is 3.77. The quantitative estimate of drug-likeness (QED) is 0.793. The first-order valence-electron chi connectivity index (χ1n) is 5.70. The van der Waals surface area contributed by atoms with Gasteiger partial charge in [-0.05, 0) is 31.5 Å². The summed E-state index contributed by atoms with van der Waals surface area (Å²) >= 11 is 1.46. The van der Waals surface area contributed by atoms with E-state index in [9.17, 15) is 4.79 Å². The Hall–Kier alpha value is -1.68. The molecule has 4 heteroatoms. The van der Waals surface area contributed by atoms with Crippen LogP contribution in [0.5, 0.6) is 5.75 Å². The maximum atomic E-state index is 12.2. The number of thiazole rings is 1. The van der Waals surface area contributed by atoms with Crippen LogP contribution < -0.4 is 4.74 Å². The largest absolute Gasteiger partial charge is 0.497 e. The lowest BCUT2D eigenvalue weighted by molar-refractivity contribution is 0.0996. The van der Waals surface area contributed by atoms with E-state index in [-0.39, 0.29) is 5.78 Å². The Balaban J connectivity index is 2.18. The number of benzene rings is 1. The molecule has 3 nitrogen and oxygen atoms in total. The van der Waals surface area contributed by atoms with Gasteiger partial charge in [0.2, 0.25) is 0 Å². The summed E-state index contributed by atoms with van der Waals surface area (Å²) in [5, 5.41) is 0.932. The van der Waals surface area contributed by atoms with Gasteiger partial charge in [0.25, 0.3) is 0 Å². The van der Waals surface area contributed by atoms with Gasteiger partial charge in [0, 0.05) is 6.42 Å². The predicted molar refractivity (Wildman–Crippen MR) is 72.6 cm³/mol. The molecule has 1 aromatic heterocycles. The number of aryl methyl sites for hydroxylation is 2. The Kier molecular flexibility index (Phi) is 3.77. The first-order valence-corrected chi connectivity index (χ1v) is 6.52. The summed E-state index contributed by atoms with van der Waals surface area (Å²) in [5.74, 6) is 0.892. The number of aromatic nitrogens is 1. The summed E-state index contributed by atoms with van der Waals surface area (Å²) in [6.45, 7) is 3.79. The van der Waals surface area contributed by atoms with Crippen LogP contribution in [0.3, 0.4) is 0 Å². The maximum absolute atomic E-state index is 12.2. The van der Waals surface area contributed by atoms with Gasteiger partial charge in [-0.1, -0.05) is 12.1 Å². The van der Waals surface area contributed by atoms with E-state index in [0.29, 0.717) is 6.42 Å². The van der Waals surface area contributed by atoms with E-state index >= 15 is 0 Å². The van der Waals surface area contributed by atoms with Gasteiger partial charge in [-0.15, -0.1) is 11.3 Å². The summed E-state index contributed by atoms with van der Waals surface area (Å²) in [6.07, 6.45) is 0.389. The molecule has 0 aliphatic rings. The van der Waals surface area contributed by atoms with Gasteiger partial charge >= 0.3 is 0 Å². The Morgan fingerprint density at radius 1 is 1.39 bits per heavy atom. The average Bonchev–Trinajstić information content (AvgIpc) is 2.69. The Bertz CT molecular complexity index is 575. The number of nitrogens with zero attached hydrogens (tertiary/aromatic N) is 1. The van der Waals surface area contributed by atoms with Gasteiger partial charge in [-0.3, -0.25) is 4.79 Å². The smallest absolute Gasteiger partial charge is 0.179 e. The monoisotopic (exact) mass is 261 g/mol. The molecule has 0 unspecified atom stereocenters. The molecule has 94 valence electrons. The fourth-order valence-corrected chi connectivity index (χ4v) is 2.70. The van der Waals surface area contributed by atoms with Crippen molar-refractivity contribution in [2.24, 2.45) is 0 Å². The van der Waals surface area contributed by atoms with Crippen molar-refractivity contribution in [3.63, 3.8) is 0 Å². The molecule has 0 aliphatic carbocycles. The molecule has 1 aromatic carbocycles. The van der Waals surface area contributed by atoms with E-state index < -0.39 is 0 Å². The highest BCUT2D eigenvalue weighted by molar-refractivity contribution is 7.13. The number of rotatable bonds is 4. The maximum Gasteiger partial charge on any atom is 0.179 e. The van der Waals surface area contributed by atoms with Crippen LogP contribution in [0, 0.1) is 13.8 Å². The van der Waals surface area contributed by atoms with Crippen molar-refractivity contribution in [3.05, 3.63) is 45.4 Å². The van der Waals surface area contributed by atoms with Crippen LogP contribution in [0.2, 0.25) is 0 Å². The van der Waals surface area contributed by atoms with Crippen LogP contribution >= 0.6 is 11.3 Å². The first-order chi connectivity index (χ1) is 8.60. The average molecular weight is 261 g/mol. The van der Waals surface area contributed by atoms with E-state index in [4.69, 9.17) is 4.74 Å². The molecular weight excluding hydrogens is 246 g/mol. The number of ether oxygens (including phenoxy) is 1. The van der Waals surface area contributed by atoms with E-state index in [1.54, 1.807) is 7.11 Å². The van der Waals surface area contributed by atoms with Crippen molar-refractivity contribution in [2.75, 3.05) is 7.11 Å². The van der Waals surface area contributed by atoms with Gasteiger partial charge in [0.1, 0.15) is 5.75 Å². The number of methoxy groups -OCH3 is 1. The topological polar surface area (TPSA) is 39.2 Å². The summed E-state index contributed by atoms with van der Waals surface area (Å²) in [5.41, 5.74) is 1.79. The minimum Gasteiger partial charge on any atom is -0.497 e. The van der Waals surface area contributed by atoms with Crippen LogP contribution in [0.25, 0.3) is 0 Å². The third-order valence-electron chi connectivity index (χ3n) is 2.66. The Morgan fingerprint density at radius 2 is 2.17 bits per heavy atom. The lowest BCUT2D eigenvalue weighted by Gasteiger charge is -2.03. The highest BCUT2D eigenvalue weighted by atomic mass is 32.1. The fraction of sp³-hybridized carbons (Fsp3) is 0.286. The number of Topliss-reactive ketones (excluding diaryl/α,β-unsaturated/α-hetero) is 1. The molecule has 1 heterocycles. The van der Waals surface area contributed by atoms with Crippen molar-refractivity contribution < 1.29 is 9.53 Å². The van der Waals surface area contributed by atoms with Gasteiger partial charge in [0.05, 0.1) is 22.7 Å². The van der Waals surface area contributed by atoms with Crippen molar-refractivity contribution in [1.82, 2.24) is 4.98 Å². The number of carbonyl (C=O) groups excluding carboxylic acids is 1. The molecular formula is C14H15NO2S. The van der Waals surface area contributed by atoms with Gasteiger partial charge < -0.3 is 4.74 Å². The van der Waals surface area contributed by atoms with E-state index in [2.05, 4.69) is 4.98 Å². The van der Waals surface area contributed by atoms with Crippen molar-refractivity contribution in [2.45, 2.75) is 20.3 Å². The molecule has 0 aliphatic heterocycles. The molecule has 18 heavy (non-hydrogen) atoms. The van der Waals surface area contributed by atoms with Crippen LogP contribution in [0.4, 0.5) is 0 Å². The second kappa shape index (κ2) is 5.31. The summed E-state index contributed by atoms with van der Waals surface area (Å²) in [7, 11) is 1.62. The zero-order chi connectivity index (χ0) is 13.1. The zero-order valence-corrected chi connectivity index (χ0v) is 11.5. The predicted octanol–water partition coefficient (Wildman–Crippen LogP) is 3.19.